The van der Waals surface area contributed by atoms with E-state index >= 15 is 0 Å². The van der Waals surface area contributed by atoms with Crippen LogP contribution in [0.3, 0.4) is 0 Å². The van der Waals surface area contributed by atoms with Gasteiger partial charge in [-0.2, -0.15) is 0 Å². The highest BCUT2D eigenvalue weighted by molar-refractivity contribution is 7.21. The van der Waals surface area contributed by atoms with Crippen molar-refractivity contribution in [3.63, 3.8) is 0 Å². The van der Waals surface area contributed by atoms with Gasteiger partial charge in [-0.05, 0) is 6.42 Å². The molecule has 0 saturated heterocycles. The molecule has 0 aliphatic rings. The van der Waals surface area contributed by atoms with Crippen LogP contribution in [0.5, 0.6) is 0 Å². The molecule has 0 amide bonds. The Kier molecular flexibility index (Phi) is 7.04. The summed E-state index contributed by atoms with van der Waals surface area (Å²) in [5.74, 6) is 0. The quantitative estimate of drug-likeness (QED) is 0.448. The summed E-state index contributed by atoms with van der Waals surface area (Å²) in [5, 5.41) is 2.62. The molecule has 8 heavy (non-hydrogen) atoms. The zero-order valence-corrected chi connectivity index (χ0v) is 5.78. The highest BCUT2D eigenvalue weighted by Crippen LogP contribution is 1.82. The van der Waals surface area contributed by atoms with Crippen molar-refractivity contribution in [2.75, 3.05) is 20.3 Å². The standard InChI is InChI=1S/C4H10NO2P/c1-7-4-2-3-5-8-6/h2-4H2,1H3,(H,5,6). The van der Waals surface area contributed by atoms with Gasteiger partial charge in [0.1, 0.15) is 0 Å². The van der Waals surface area contributed by atoms with Gasteiger partial charge in [0.25, 0.3) is 0 Å². The second-order valence-corrected chi connectivity index (χ2v) is 1.84. The van der Waals surface area contributed by atoms with E-state index in [9.17, 15) is 4.57 Å². The van der Waals surface area contributed by atoms with Gasteiger partial charge in [0.15, 0.2) is 0 Å². The van der Waals surface area contributed by atoms with Crippen LogP contribution in [0.25, 0.3) is 0 Å². The van der Waals surface area contributed by atoms with Crippen molar-refractivity contribution in [1.82, 2.24) is 5.09 Å². The molecule has 3 nitrogen and oxygen atoms in total. The van der Waals surface area contributed by atoms with E-state index in [4.69, 9.17) is 4.74 Å². The largest absolute Gasteiger partial charge is 0.385 e. The molecule has 0 heterocycles. The molecule has 0 aliphatic heterocycles. The summed E-state index contributed by atoms with van der Waals surface area (Å²) in [6.07, 6.45) is 0.908. The average molecular weight is 135 g/mol. The van der Waals surface area contributed by atoms with Crippen molar-refractivity contribution >= 4 is 8.61 Å². The van der Waals surface area contributed by atoms with Crippen LogP contribution in [-0.2, 0) is 9.30 Å². The summed E-state index contributed by atoms with van der Waals surface area (Å²) < 4.78 is 14.5. The van der Waals surface area contributed by atoms with Gasteiger partial charge in [0.2, 0.25) is 8.61 Å². The number of nitrogens with one attached hydrogen (secondary N) is 1. The van der Waals surface area contributed by atoms with E-state index in [-0.39, 0.29) is 8.61 Å². The summed E-state index contributed by atoms with van der Waals surface area (Å²) in [4.78, 5) is 0. The van der Waals surface area contributed by atoms with Gasteiger partial charge in [-0.25, -0.2) is 5.09 Å². The zero-order valence-electron chi connectivity index (χ0n) is 4.89. The molecule has 4 heteroatoms. The molecule has 48 valence electrons. The molecule has 0 fully saturated rings. The second kappa shape index (κ2) is 7.02. The third-order valence-electron chi connectivity index (χ3n) is 0.702. The van der Waals surface area contributed by atoms with E-state index < -0.39 is 0 Å². The number of hydrogen-bond acceptors (Lipinski definition) is 2. The van der Waals surface area contributed by atoms with Gasteiger partial charge < -0.3 is 4.74 Å². The maximum atomic E-state index is 9.71. The van der Waals surface area contributed by atoms with E-state index in [0.29, 0.717) is 0 Å². The Balaban J connectivity index is 2.62. The molecule has 0 rings (SSSR count). The molecule has 0 aliphatic carbocycles. The fraction of sp³-hybridized carbons (Fsp3) is 1.00. The second-order valence-electron chi connectivity index (χ2n) is 1.35. The fourth-order valence-corrected chi connectivity index (χ4v) is 0.591. The van der Waals surface area contributed by atoms with E-state index in [1.54, 1.807) is 7.11 Å². The smallest absolute Gasteiger partial charge is 0.245 e. The van der Waals surface area contributed by atoms with Crippen molar-refractivity contribution in [1.29, 1.82) is 0 Å². The predicted octanol–water partition coefficient (Wildman–Crippen LogP) is 0.819. The normalized spacial score (nSPS) is 10.1. The minimum atomic E-state index is 0.00500. The van der Waals surface area contributed by atoms with Crippen LogP contribution in [0, 0.1) is 0 Å². The SMILES string of the molecule is COCCCNP=O. The van der Waals surface area contributed by atoms with Crippen LogP contribution in [0.15, 0.2) is 0 Å². The third-order valence-corrected chi connectivity index (χ3v) is 1.05. The Bertz CT molecular complexity index is 60.0. The predicted molar refractivity (Wildman–Crippen MR) is 32.1 cm³/mol. The van der Waals surface area contributed by atoms with Crippen molar-refractivity contribution in [3.05, 3.63) is 0 Å². The van der Waals surface area contributed by atoms with Gasteiger partial charge in [0.05, 0.1) is 0 Å². The zero-order chi connectivity index (χ0) is 6.24. The molecule has 0 saturated carbocycles. The molecule has 0 spiro atoms. The van der Waals surface area contributed by atoms with Crippen LogP contribution in [0.1, 0.15) is 6.42 Å². The highest BCUT2D eigenvalue weighted by atomic mass is 31.1. The Labute approximate surface area is 50.7 Å². The molecule has 0 unspecified atom stereocenters. The first-order chi connectivity index (χ1) is 3.91. The van der Waals surface area contributed by atoms with Crippen LogP contribution < -0.4 is 5.09 Å². The van der Waals surface area contributed by atoms with Gasteiger partial charge in [0, 0.05) is 20.3 Å². The summed E-state index contributed by atoms with van der Waals surface area (Å²) in [7, 11) is 1.65. The van der Waals surface area contributed by atoms with Crippen LogP contribution in [-0.4, -0.2) is 20.3 Å². The van der Waals surface area contributed by atoms with Crippen LogP contribution in [0.2, 0.25) is 0 Å². The molecule has 0 aromatic heterocycles. The van der Waals surface area contributed by atoms with Crippen LogP contribution >= 0.6 is 8.61 Å². The lowest BCUT2D eigenvalue weighted by Gasteiger charge is -1.93. The summed E-state index contributed by atoms with van der Waals surface area (Å²) in [6, 6.07) is 0. The minimum Gasteiger partial charge on any atom is -0.385 e. The molecule has 0 aromatic rings. The van der Waals surface area contributed by atoms with E-state index in [0.717, 1.165) is 19.6 Å². The third kappa shape index (κ3) is 6.02. The van der Waals surface area contributed by atoms with Gasteiger partial charge >= 0.3 is 0 Å². The monoisotopic (exact) mass is 135 g/mol. The summed E-state index contributed by atoms with van der Waals surface area (Å²) in [5.41, 5.74) is 0. The first-order valence-electron chi connectivity index (χ1n) is 2.46. The molecule has 0 radical (unpaired) electrons. The maximum Gasteiger partial charge on any atom is 0.245 e. The first kappa shape index (κ1) is 8.02. The molecular formula is C4H10NO2P. The number of methoxy groups -OCH3 is 1. The highest BCUT2D eigenvalue weighted by Gasteiger charge is 1.82. The lowest BCUT2D eigenvalue weighted by atomic mass is 10.5. The summed E-state index contributed by atoms with van der Waals surface area (Å²) in [6.45, 7) is 1.47. The van der Waals surface area contributed by atoms with Gasteiger partial charge in [-0.1, -0.05) is 0 Å². The molecule has 0 atom stereocenters. The number of rotatable bonds is 5. The fourth-order valence-electron chi connectivity index (χ4n) is 0.341. The molecular weight excluding hydrogens is 125 g/mol. The van der Waals surface area contributed by atoms with E-state index in [1.165, 1.54) is 0 Å². The minimum absolute atomic E-state index is 0.00500. The topological polar surface area (TPSA) is 38.3 Å². The van der Waals surface area contributed by atoms with Crippen molar-refractivity contribution in [2.24, 2.45) is 0 Å². The molecule has 0 bridgehead atoms. The van der Waals surface area contributed by atoms with E-state index in [2.05, 4.69) is 5.09 Å². The number of ether oxygens (including phenoxy) is 1. The summed E-state index contributed by atoms with van der Waals surface area (Å²) >= 11 is 0. The molecule has 1 N–H and O–H groups in total. The van der Waals surface area contributed by atoms with Crippen molar-refractivity contribution < 1.29 is 9.30 Å². The molecule has 0 aromatic carbocycles. The van der Waals surface area contributed by atoms with Gasteiger partial charge in [-0.3, -0.25) is 4.57 Å². The van der Waals surface area contributed by atoms with E-state index in [1.807, 2.05) is 0 Å². The van der Waals surface area contributed by atoms with Crippen LogP contribution in [0.4, 0.5) is 0 Å². The van der Waals surface area contributed by atoms with Crippen molar-refractivity contribution in [2.45, 2.75) is 6.42 Å². The lowest BCUT2D eigenvalue weighted by molar-refractivity contribution is 0.196. The van der Waals surface area contributed by atoms with Gasteiger partial charge in [-0.15, -0.1) is 0 Å². The lowest BCUT2D eigenvalue weighted by Crippen LogP contribution is -2.03. The Morgan fingerprint density at radius 2 is 2.50 bits per heavy atom. The van der Waals surface area contributed by atoms with Crippen molar-refractivity contribution in [3.8, 4) is 0 Å². The Morgan fingerprint density at radius 1 is 1.75 bits per heavy atom. The first-order valence-corrected chi connectivity index (χ1v) is 3.27. The Morgan fingerprint density at radius 3 is 3.00 bits per heavy atom. The number of hydrogen-bond donors (Lipinski definition) is 1. The average Bonchev–Trinajstić information content (AvgIpc) is 1.81. The Hall–Kier alpha value is 0.0200. The maximum absolute atomic E-state index is 9.71.